The van der Waals surface area contributed by atoms with Gasteiger partial charge in [0.05, 0.1) is 23.0 Å². The van der Waals surface area contributed by atoms with Crippen molar-refractivity contribution in [1.29, 1.82) is 0 Å². The zero-order valence-corrected chi connectivity index (χ0v) is 18.8. The molecule has 11 heteroatoms. The van der Waals surface area contributed by atoms with E-state index in [-0.39, 0.29) is 27.6 Å². The second kappa shape index (κ2) is 8.14. The lowest BCUT2D eigenvalue weighted by atomic mass is 10.2. The maximum atomic E-state index is 13.3. The number of thioether (sulfide) groups is 1. The molecule has 2 fully saturated rings. The Morgan fingerprint density at radius 2 is 1.87 bits per heavy atom. The SMILES string of the molecule is Cc1ccc(S(=O)(=O)c2nc(/C=C3\SC(=S)N(C)C3=O)oc2N2CCOCC2)cc1. The summed E-state index contributed by atoms with van der Waals surface area (Å²) in [6, 6.07) is 6.55. The summed E-state index contributed by atoms with van der Waals surface area (Å²) in [6.45, 7) is 3.74. The number of oxazole rings is 1. The van der Waals surface area contributed by atoms with Crippen LogP contribution in [0.15, 0.2) is 43.5 Å². The molecule has 2 aliphatic rings. The molecule has 8 nitrogen and oxygen atoms in total. The lowest BCUT2D eigenvalue weighted by Gasteiger charge is -2.26. The van der Waals surface area contributed by atoms with Gasteiger partial charge in [0.1, 0.15) is 4.32 Å². The van der Waals surface area contributed by atoms with Crippen LogP contribution in [0.1, 0.15) is 11.5 Å². The molecule has 30 heavy (non-hydrogen) atoms. The van der Waals surface area contributed by atoms with Gasteiger partial charge in [-0.3, -0.25) is 9.69 Å². The molecule has 2 aromatic rings. The van der Waals surface area contributed by atoms with Crippen molar-refractivity contribution in [3.05, 3.63) is 40.6 Å². The van der Waals surface area contributed by atoms with Crippen LogP contribution >= 0.6 is 24.0 Å². The second-order valence-corrected chi connectivity index (χ2v) is 10.4. The molecule has 158 valence electrons. The van der Waals surface area contributed by atoms with Crippen LogP contribution < -0.4 is 4.90 Å². The average Bonchev–Trinajstić information content (AvgIpc) is 3.27. The largest absolute Gasteiger partial charge is 0.420 e. The second-order valence-electron chi connectivity index (χ2n) is 6.82. The Kier molecular flexibility index (Phi) is 5.71. The Hall–Kier alpha value is -2.21. The third kappa shape index (κ3) is 3.89. The minimum atomic E-state index is -3.93. The molecule has 4 rings (SSSR count). The third-order valence-electron chi connectivity index (χ3n) is 4.72. The summed E-state index contributed by atoms with van der Waals surface area (Å²) in [6.07, 6.45) is 1.43. The van der Waals surface area contributed by atoms with Gasteiger partial charge in [-0.1, -0.05) is 41.7 Å². The van der Waals surface area contributed by atoms with E-state index in [4.69, 9.17) is 21.4 Å². The first-order valence-corrected chi connectivity index (χ1v) is 11.8. The molecule has 1 aromatic carbocycles. The molecule has 0 saturated carbocycles. The summed E-state index contributed by atoms with van der Waals surface area (Å²) in [5.74, 6) is -0.0905. The number of anilines is 1. The first-order valence-electron chi connectivity index (χ1n) is 9.14. The summed E-state index contributed by atoms with van der Waals surface area (Å²) >= 11 is 6.26. The smallest absolute Gasteiger partial charge is 0.266 e. The summed E-state index contributed by atoms with van der Waals surface area (Å²) in [5, 5.41) is -0.175. The zero-order valence-electron chi connectivity index (χ0n) is 16.3. The number of ether oxygens (including phenoxy) is 1. The molecule has 1 aromatic heterocycles. The van der Waals surface area contributed by atoms with Gasteiger partial charge in [-0.05, 0) is 19.1 Å². The van der Waals surface area contributed by atoms with Crippen molar-refractivity contribution >= 4 is 56.0 Å². The minimum Gasteiger partial charge on any atom is -0.420 e. The van der Waals surface area contributed by atoms with Gasteiger partial charge in [0, 0.05) is 26.2 Å². The predicted molar refractivity (Wildman–Crippen MR) is 117 cm³/mol. The molecule has 0 atom stereocenters. The number of aromatic nitrogens is 1. The lowest BCUT2D eigenvalue weighted by molar-refractivity contribution is -0.121. The fraction of sp³-hybridized carbons (Fsp3) is 0.316. The Bertz CT molecular complexity index is 1130. The van der Waals surface area contributed by atoms with Crippen LogP contribution in [-0.2, 0) is 19.4 Å². The van der Waals surface area contributed by atoms with Gasteiger partial charge in [-0.15, -0.1) is 0 Å². The molecular formula is C19H19N3O5S3. The molecule has 3 heterocycles. The maximum absolute atomic E-state index is 13.3. The average molecular weight is 466 g/mol. The van der Waals surface area contributed by atoms with Gasteiger partial charge in [-0.25, -0.2) is 8.42 Å². The number of amides is 1. The molecule has 0 aliphatic carbocycles. The number of hydrogen-bond acceptors (Lipinski definition) is 9. The Morgan fingerprint density at radius 1 is 1.20 bits per heavy atom. The van der Waals surface area contributed by atoms with E-state index in [0.29, 0.717) is 35.5 Å². The van der Waals surface area contributed by atoms with E-state index in [1.54, 1.807) is 36.2 Å². The number of benzene rings is 1. The first-order chi connectivity index (χ1) is 14.3. The summed E-state index contributed by atoms with van der Waals surface area (Å²) in [4.78, 5) is 20.2. The molecule has 0 radical (unpaired) electrons. The highest BCUT2D eigenvalue weighted by Crippen LogP contribution is 2.35. The van der Waals surface area contributed by atoms with Gasteiger partial charge in [0.25, 0.3) is 5.91 Å². The van der Waals surface area contributed by atoms with Gasteiger partial charge in [0.2, 0.25) is 26.6 Å². The molecule has 0 spiro atoms. The number of nitrogens with zero attached hydrogens (tertiary/aromatic N) is 3. The minimum absolute atomic E-state index is 0.0381. The van der Waals surface area contributed by atoms with Crippen LogP contribution in [-0.4, -0.2) is 61.9 Å². The summed E-state index contributed by atoms with van der Waals surface area (Å²) in [5.41, 5.74) is 0.949. The normalized spacial score (nSPS) is 19.2. The van der Waals surface area contributed by atoms with Crippen LogP contribution in [0.4, 0.5) is 5.88 Å². The van der Waals surface area contributed by atoms with E-state index in [1.807, 2.05) is 6.92 Å². The Morgan fingerprint density at radius 3 is 2.47 bits per heavy atom. The van der Waals surface area contributed by atoms with Crippen molar-refractivity contribution in [1.82, 2.24) is 9.88 Å². The molecule has 2 aliphatic heterocycles. The fourth-order valence-electron chi connectivity index (χ4n) is 3.00. The van der Waals surface area contributed by atoms with Crippen LogP contribution in [0.2, 0.25) is 0 Å². The van der Waals surface area contributed by atoms with Crippen molar-refractivity contribution in [2.75, 3.05) is 38.3 Å². The van der Waals surface area contributed by atoms with Crippen LogP contribution in [0.3, 0.4) is 0 Å². The number of likely N-dealkylation sites (N-methyl/N-ethyl adjacent to an activating group) is 1. The number of thiocarbonyl (C=S) groups is 1. The number of sulfone groups is 1. The standard InChI is InChI=1S/C19H19N3O5S3/c1-12-3-5-13(6-4-12)30(24,25)16-18(22-7-9-26-10-8-22)27-15(20-16)11-14-17(23)21(2)19(28)29-14/h3-6,11H,7-10H2,1-2H3/b14-11-. The number of carbonyl (C=O) groups is 1. The number of hydrogen-bond donors (Lipinski definition) is 0. The topological polar surface area (TPSA) is 93.0 Å². The highest BCUT2D eigenvalue weighted by atomic mass is 32.2. The Labute approximate surface area is 183 Å². The van der Waals surface area contributed by atoms with Crippen LogP contribution in [0.5, 0.6) is 0 Å². The van der Waals surface area contributed by atoms with Gasteiger partial charge in [-0.2, -0.15) is 4.98 Å². The fourth-order valence-corrected chi connectivity index (χ4v) is 5.48. The number of rotatable bonds is 4. The van der Waals surface area contributed by atoms with Crippen molar-refractivity contribution in [2.24, 2.45) is 0 Å². The molecule has 2 saturated heterocycles. The maximum Gasteiger partial charge on any atom is 0.266 e. The number of carbonyl (C=O) groups excluding carboxylic acids is 1. The molecule has 0 bridgehead atoms. The van der Waals surface area contributed by atoms with Crippen molar-refractivity contribution < 1.29 is 22.4 Å². The number of aryl methyl sites for hydroxylation is 1. The van der Waals surface area contributed by atoms with E-state index in [0.717, 1.165) is 17.3 Å². The van der Waals surface area contributed by atoms with E-state index in [1.165, 1.54) is 11.0 Å². The van der Waals surface area contributed by atoms with Gasteiger partial charge in [0.15, 0.2) is 0 Å². The van der Waals surface area contributed by atoms with Crippen molar-refractivity contribution in [2.45, 2.75) is 16.8 Å². The number of morpholine rings is 1. The van der Waals surface area contributed by atoms with Crippen LogP contribution in [0, 0.1) is 6.92 Å². The molecule has 1 amide bonds. The lowest BCUT2D eigenvalue weighted by Crippen LogP contribution is -2.36. The molecule has 0 N–H and O–H groups in total. The monoisotopic (exact) mass is 465 g/mol. The third-order valence-corrected chi connectivity index (χ3v) is 7.87. The zero-order chi connectivity index (χ0) is 21.5. The van der Waals surface area contributed by atoms with Crippen LogP contribution in [0.25, 0.3) is 6.08 Å². The molecule has 0 unspecified atom stereocenters. The highest BCUT2D eigenvalue weighted by Gasteiger charge is 2.33. The van der Waals surface area contributed by atoms with E-state index in [9.17, 15) is 13.2 Å². The van der Waals surface area contributed by atoms with Crippen molar-refractivity contribution in [3.8, 4) is 0 Å². The van der Waals surface area contributed by atoms with Crippen molar-refractivity contribution in [3.63, 3.8) is 0 Å². The highest BCUT2D eigenvalue weighted by molar-refractivity contribution is 8.26. The van der Waals surface area contributed by atoms with E-state index in [2.05, 4.69) is 4.98 Å². The summed E-state index contributed by atoms with van der Waals surface area (Å²) < 4.78 is 38.3. The van der Waals surface area contributed by atoms with Gasteiger partial charge < -0.3 is 14.1 Å². The van der Waals surface area contributed by atoms with E-state index < -0.39 is 9.84 Å². The van der Waals surface area contributed by atoms with Gasteiger partial charge >= 0.3 is 0 Å². The summed E-state index contributed by atoms with van der Waals surface area (Å²) in [7, 11) is -2.34. The molecular weight excluding hydrogens is 446 g/mol. The quantitative estimate of drug-likeness (QED) is 0.499. The Balaban J connectivity index is 1.80. The van der Waals surface area contributed by atoms with E-state index >= 15 is 0 Å². The first kappa shape index (κ1) is 21.0. The predicted octanol–water partition coefficient (Wildman–Crippen LogP) is 2.48.